The largest absolute Gasteiger partial charge is 0.300 e. The molecule has 1 aromatic rings. The van der Waals surface area contributed by atoms with Crippen molar-refractivity contribution in [3.63, 3.8) is 0 Å². The molecule has 0 N–H and O–H groups in total. The van der Waals surface area contributed by atoms with Crippen molar-refractivity contribution in [3.8, 4) is 0 Å². The molecular formula is C17H24OS. The Morgan fingerprint density at radius 3 is 2.53 bits per heavy atom. The van der Waals surface area contributed by atoms with E-state index in [-0.39, 0.29) is 0 Å². The van der Waals surface area contributed by atoms with Gasteiger partial charge in [0.2, 0.25) is 0 Å². The Bertz CT molecular complexity index is 424. The van der Waals surface area contributed by atoms with E-state index in [1.54, 1.807) is 6.92 Å². The summed E-state index contributed by atoms with van der Waals surface area (Å²) in [6, 6.07) is 10.6. The fourth-order valence-corrected chi connectivity index (χ4v) is 4.51. The molecule has 0 spiro atoms. The summed E-state index contributed by atoms with van der Waals surface area (Å²) in [7, 11) is 0. The Hall–Kier alpha value is -0.760. The van der Waals surface area contributed by atoms with E-state index >= 15 is 0 Å². The molecule has 0 heterocycles. The van der Waals surface area contributed by atoms with E-state index in [9.17, 15) is 4.79 Å². The van der Waals surface area contributed by atoms with Crippen LogP contribution in [0.25, 0.3) is 0 Å². The van der Waals surface area contributed by atoms with Gasteiger partial charge in [0, 0.05) is 16.6 Å². The van der Waals surface area contributed by atoms with Gasteiger partial charge in [0.15, 0.2) is 0 Å². The van der Waals surface area contributed by atoms with Crippen molar-refractivity contribution < 1.29 is 4.79 Å². The highest BCUT2D eigenvalue weighted by Crippen LogP contribution is 2.52. The maximum absolute atomic E-state index is 11.3. The van der Waals surface area contributed by atoms with Crippen molar-refractivity contribution in [1.82, 2.24) is 0 Å². The minimum atomic E-state index is 0.316. The summed E-state index contributed by atoms with van der Waals surface area (Å²) in [6.07, 6.45) is 4.37. The van der Waals surface area contributed by atoms with Gasteiger partial charge in [-0.25, -0.2) is 0 Å². The van der Waals surface area contributed by atoms with Gasteiger partial charge < -0.3 is 4.79 Å². The number of Topliss-reactive ketones (excluding diaryl/α,β-unsaturated/α-hetero) is 1. The number of carbonyl (C=O) groups excluding carboxylic acids is 1. The number of rotatable bonds is 6. The summed E-state index contributed by atoms with van der Waals surface area (Å²) in [6.45, 7) is 6.44. The zero-order valence-corrected chi connectivity index (χ0v) is 13.0. The van der Waals surface area contributed by atoms with Gasteiger partial charge in [0.25, 0.3) is 0 Å². The molecule has 2 heteroatoms. The van der Waals surface area contributed by atoms with Gasteiger partial charge >= 0.3 is 0 Å². The fourth-order valence-electron chi connectivity index (χ4n) is 2.94. The molecular weight excluding hydrogens is 252 g/mol. The predicted octanol–water partition coefficient (Wildman–Crippen LogP) is 4.95. The lowest BCUT2D eigenvalue weighted by Gasteiger charge is -2.48. The highest BCUT2D eigenvalue weighted by Gasteiger charge is 2.43. The SMILES string of the molecule is CC(=O)CCC(Sc1ccccc1)C1CCC1(C)C. The third-order valence-electron chi connectivity index (χ3n) is 4.36. The third-order valence-corrected chi connectivity index (χ3v) is 5.78. The van der Waals surface area contributed by atoms with Crippen LogP contribution in [0.4, 0.5) is 0 Å². The summed E-state index contributed by atoms with van der Waals surface area (Å²) in [5.41, 5.74) is 0.448. The third kappa shape index (κ3) is 3.85. The lowest BCUT2D eigenvalue weighted by atomic mass is 9.60. The van der Waals surface area contributed by atoms with Crippen molar-refractivity contribution in [2.24, 2.45) is 11.3 Å². The van der Waals surface area contributed by atoms with Crippen LogP contribution in [-0.2, 0) is 4.79 Å². The molecule has 2 atom stereocenters. The standard InChI is InChI=1S/C17H24OS/c1-13(18)9-10-16(15-11-12-17(15,2)3)19-14-7-5-4-6-8-14/h4-8,15-16H,9-12H2,1-3H3. The van der Waals surface area contributed by atoms with E-state index in [4.69, 9.17) is 0 Å². The molecule has 0 saturated heterocycles. The quantitative estimate of drug-likeness (QED) is 0.684. The zero-order chi connectivity index (χ0) is 13.9. The van der Waals surface area contributed by atoms with Gasteiger partial charge in [-0.15, -0.1) is 11.8 Å². The van der Waals surface area contributed by atoms with Crippen molar-refractivity contribution in [2.45, 2.75) is 56.6 Å². The maximum atomic E-state index is 11.3. The molecule has 1 aromatic carbocycles. The second-order valence-corrected chi connectivity index (χ2v) is 7.66. The fraction of sp³-hybridized carbons (Fsp3) is 0.588. The Morgan fingerprint density at radius 2 is 2.05 bits per heavy atom. The van der Waals surface area contributed by atoms with Crippen LogP contribution in [0, 0.1) is 11.3 Å². The molecule has 2 unspecified atom stereocenters. The number of thioether (sulfide) groups is 1. The van der Waals surface area contributed by atoms with Crippen molar-refractivity contribution in [3.05, 3.63) is 30.3 Å². The molecule has 1 saturated carbocycles. The van der Waals surface area contributed by atoms with Gasteiger partial charge in [-0.05, 0) is 49.7 Å². The van der Waals surface area contributed by atoms with E-state index in [0.717, 1.165) is 18.8 Å². The highest BCUT2D eigenvalue weighted by atomic mass is 32.2. The second-order valence-electron chi connectivity index (χ2n) is 6.34. The van der Waals surface area contributed by atoms with E-state index < -0.39 is 0 Å². The molecule has 0 bridgehead atoms. The van der Waals surface area contributed by atoms with Gasteiger partial charge in [0.05, 0.1) is 0 Å². The molecule has 19 heavy (non-hydrogen) atoms. The van der Waals surface area contributed by atoms with Crippen LogP contribution in [0.15, 0.2) is 35.2 Å². The predicted molar refractivity (Wildman–Crippen MR) is 82.5 cm³/mol. The monoisotopic (exact) mass is 276 g/mol. The first kappa shape index (κ1) is 14.6. The smallest absolute Gasteiger partial charge is 0.129 e. The van der Waals surface area contributed by atoms with E-state index in [1.165, 1.54) is 17.7 Å². The molecule has 1 aliphatic rings. The van der Waals surface area contributed by atoms with Gasteiger partial charge in [-0.1, -0.05) is 32.0 Å². The zero-order valence-electron chi connectivity index (χ0n) is 12.2. The van der Waals surface area contributed by atoms with Crippen molar-refractivity contribution in [2.75, 3.05) is 0 Å². The Kier molecular flexibility index (Phi) is 4.72. The summed E-state index contributed by atoms with van der Waals surface area (Å²) in [5.74, 6) is 1.06. The Labute approximate surface area is 121 Å². The Morgan fingerprint density at radius 1 is 1.37 bits per heavy atom. The van der Waals surface area contributed by atoms with Crippen molar-refractivity contribution >= 4 is 17.5 Å². The molecule has 104 valence electrons. The molecule has 0 amide bonds. The first-order chi connectivity index (χ1) is 8.99. The van der Waals surface area contributed by atoms with Crippen LogP contribution in [0.2, 0.25) is 0 Å². The van der Waals surface area contributed by atoms with E-state index in [0.29, 0.717) is 16.4 Å². The average Bonchev–Trinajstić information content (AvgIpc) is 2.36. The van der Waals surface area contributed by atoms with Gasteiger partial charge in [0.1, 0.15) is 5.78 Å². The maximum Gasteiger partial charge on any atom is 0.129 e. The average molecular weight is 276 g/mol. The van der Waals surface area contributed by atoms with Crippen molar-refractivity contribution in [1.29, 1.82) is 0 Å². The van der Waals surface area contributed by atoms with Gasteiger partial charge in [-0.2, -0.15) is 0 Å². The molecule has 1 fully saturated rings. The van der Waals surface area contributed by atoms with Crippen LogP contribution in [-0.4, -0.2) is 11.0 Å². The van der Waals surface area contributed by atoms with Crippen LogP contribution in [0.3, 0.4) is 0 Å². The molecule has 0 aliphatic heterocycles. The summed E-state index contributed by atoms with van der Waals surface area (Å²) in [5, 5.41) is 0.579. The lowest BCUT2D eigenvalue weighted by Crippen LogP contribution is -2.41. The van der Waals surface area contributed by atoms with Crippen LogP contribution >= 0.6 is 11.8 Å². The molecule has 1 aliphatic carbocycles. The highest BCUT2D eigenvalue weighted by molar-refractivity contribution is 8.00. The van der Waals surface area contributed by atoms with Crippen LogP contribution < -0.4 is 0 Å². The van der Waals surface area contributed by atoms with E-state index in [2.05, 4.69) is 44.2 Å². The first-order valence-electron chi connectivity index (χ1n) is 7.20. The minimum absolute atomic E-state index is 0.316. The molecule has 1 nitrogen and oxygen atoms in total. The summed E-state index contributed by atoms with van der Waals surface area (Å²) >= 11 is 1.96. The molecule has 0 radical (unpaired) electrons. The molecule has 2 rings (SSSR count). The number of carbonyl (C=O) groups is 1. The first-order valence-corrected chi connectivity index (χ1v) is 8.08. The topological polar surface area (TPSA) is 17.1 Å². The normalized spacial score (nSPS) is 22.6. The van der Waals surface area contributed by atoms with Gasteiger partial charge in [-0.3, -0.25) is 0 Å². The number of hydrogen-bond acceptors (Lipinski definition) is 2. The minimum Gasteiger partial charge on any atom is -0.300 e. The van der Waals surface area contributed by atoms with Crippen LogP contribution in [0.5, 0.6) is 0 Å². The Balaban J connectivity index is 2.04. The number of benzene rings is 1. The van der Waals surface area contributed by atoms with Crippen LogP contribution in [0.1, 0.15) is 46.5 Å². The summed E-state index contributed by atoms with van der Waals surface area (Å²) < 4.78 is 0. The summed E-state index contributed by atoms with van der Waals surface area (Å²) in [4.78, 5) is 12.6. The second kappa shape index (κ2) is 6.13. The lowest BCUT2D eigenvalue weighted by molar-refractivity contribution is -0.117. The van der Waals surface area contributed by atoms with E-state index in [1.807, 2.05) is 11.8 Å². The molecule has 0 aromatic heterocycles. The number of hydrogen-bond donors (Lipinski definition) is 0. The number of ketones is 1.